The zero-order chi connectivity index (χ0) is 13.9. The van der Waals surface area contributed by atoms with Gasteiger partial charge in [0.1, 0.15) is 6.61 Å². The highest BCUT2D eigenvalue weighted by Gasteiger charge is 2.25. The number of phosphoric acid groups is 1. The number of hydrogen-bond acceptors (Lipinski definition) is 6. The van der Waals surface area contributed by atoms with Gasteiger partial charge in [0.25, 0.3) is 0 Å². The molecular formula is C11H21O6P. The van der Waals surface area contributed by atoms with Crippen LogP contribution < -0.4 is 0 Å². The fraction of sp³-hybridized carbons (Fsp3) is 0.727. The molecule has 7 heteroatoms. The SMILES string of the molecule is C=CC(=O)OCCOP(=O)(OCCC)OCCC. The minimum absolute atomic E-state index is 0.0280. The normalized spacial score (nSPS) is 11.2. The molecule has 0 bridgehead atoms. The summed E-state index contributed by atoms with van der Waals surface area (Å²) in [5, 5.41) is 0. The molecule has 0 aromatic heterocycles. The van der Waals surface area contributed by atoms with Crippen molar-refractivity contribution in [3.63, 3.8) is 0 Å². The molecule has 0 N–H and O–H groups in total. The van der Waals surface area contributed by atoms with Crippen molar-refractivity contribution in [2.45, 2.75) is 26.7 Å². The number of hydrogen-bond donors (Lipinski definition) is 0. The lowest BCUT2D eigenvalue weighted by Gasteiger charge is -2.17. The van der Waals surface area contributed by atoms with Gasteiger partial charge in [0, 0.05) is 6.08 Å². The van der Waals surface area contributed by atoms with E-state index in [1.807, 2.05) is 13.8 Å². The second-order valence-corrected chi connectivity index (χ2v) is 4.99. The third-order valence-corrected chi connectivity index (χ3v) is 3.15. The number of phosphoric ester groups is 1. The first-order chi connectivity index (χ1) is 8.58. The largest absolute Gasteiger partial charge is 0.474 e. The van der Waals surface area contributed by atoms with Crippen molar-refractivity contribution in [1.82, 2.24) is 0 Å². The maximum atomic E-state index is 12.0. The number of ether oxygens (including phenoxy) is 1. The van der Waals surface area contributed by atoms with Crippen LogP contribution in [0.4, 0.5) is 0 Å². The Kier molecular flexibility index (Phi) is 9.87. The maximum absolute atomic E-state index is 12.0. The topological polar surface area (TPSA) is 71.1 Å². The third kappa shape index (κ3) is 8.42. The Bertz CT molecular complexity index is 279. The third-order valence-electron chi connectivity index (χ3n) is 1.65. The molecule has 0 spiro atoms. The first-order valence-electron chi connectivity index (χ1n) is 5.90. The smallest absolute Gasteiger partial charge is 0.460 e. The van der Waals surface area contributed by atoms with Gasteiger partial charge in [-0.2, -0.15) is 0 Å². The molecule has 0 aromatic rings. The molecule has 0 aliphatic heterocycles. The Morgan fingerprint density at radius 1 is 1.06 bits per heavy atom. The summed E-state index contributed by atoms with van der Waals surface area (Å²) in [6.45, 7) is 7.51. The van der Waals surface area contributed by atoms with Crippen molar-refractivity contribution in [1.29, 1.82) is 0 Å². The van der Waals surface area contributed by atoms with Gasteiger partial charge in [-0.05, 0) is 12.8 Å². The second-order valence-electron chi connectivity index (χ2n) is 3.32. The summed E-state index contributed by atoms with van der Waals surface area (Å²) in [5.74, 6) is -0.558. The molecule has 0 saturated heterocycles. The summed E-state index contributed by atoms with van der Waals surface area (Å²) >= 11 is 0. The molecule has 0 aliphatic carbocycles. The lowest BCUT2D eigenvalue weighted by molar-refractivity contribution is -0.138. The van der Waals surface area contributed by atoms with Gasteiger partial charge in [-0.1, -0.05) is 20.4 Å². The van der Waals surface area contributed by atoms with Crippen LogP contribution in [0.5, 0.6) is 0 Å². The molecule has 0 saturated carbocycles. The van der Waals surface area contributed by atoms with Crippen LogP contribution in [0.1, 0.15) is 26.7 Å². The van der Waals surface area contributed by atoms with Crippen LogP contribution >= 0.6 is 7.82 Å². The molecule has 0 aromatic carbocycles. The summed E-state index contributed by atoms with van der Waals surface area (Å²) in [7, 11) is -3.54. The van der Waals surface area contributed by atoms with Crippen LogP contribution in [0.3, 0.4) is 0 Å². The highest BCUT2D eigenvalue weighted by atomic mass is 31.2. The predicted molar refractivity (Wildman–Crippen MR) is 67.2 cm³/mol. The van der Waals surface area contributed by atoms with Crippen molar-refractivity contribution in [3.05, 3.63) is 12.7 Å². The molecule has 0 unspecified atom stereocenters. The summed E-state index contributed by atoms with van der Waals surface area (Å²) in [6, 6.07) is 0. The average molecular weight is 280 g/mol. The van der Waals surface area contributed by atoms with Gasteiger partial charge >= 0.3 is 13.8 Å². The van der Waals surface area contributed by atoms with Gasteiger partial charge in [0.15, 0.2) is 0 Å². The standard InChI is InChI=1S/C11H21O6P/c1-4-7-15-18(13,16-8-5-2)17-10-9-14-11(12)6-3/h6H,3-5,7-10H2,1-2H3. The molecule has 0 amide bonds. The average Bonchev–Trinajstić information content (AvgIpc) is 2.39. The Morgan fingerprint density at radius 3 is 2.00 bits per heavy atom. The van der Waals surface area contributed by atoms with Crippen LogP contribution in [0.25, 0.3) is 0 Å². The Balaban J connectivity index is 4.03. The van der Waals surface area contributed by atoms with E-state index in [9.17, 15) is 9.36 Å². The number of carbonyl (C=O) groups excluding carboxylic acids is 1. The van der Waals surface area contributed by atoms with Gasteiger partial charge in [0.2, 0.25) is 0 Å². The van der Waals surface area contributed by atoms with E-state index < -0.39 is 13.8 Å². The highest BCUT2D eigenvalue weighted by Crippen LogP contribution is 2.49. The van der Waals surface area contributed by atoms with E-state index >= 15 is 0 Å². The van der Waals surface area contributed by atoms with E-state index in [1.54, 1.807) is 0 Å². The van der Waals surface area contributed by atoms with Crippen molar-refractivity contribution in [2.75, 3.05) is 26.4 Å². The predicted octanol–water partition coefficient (Wildman–Crippen LogP) is 2.69. The molecular weight excluding hydrogens is 259 g/mol. The fourth-order valence-corrected chi connectivity index (χ4v) is 2.20. The number of carbonyl (C=O) groups is 1. The van der Waals surface area contributed by atoms with Crippen LogP contribution in [-0.2, 0) is 27.7 Å². The van der Waals surface area contributed by atoms with Crippen molar-refractivity contribution in [2.24, 2.45) is 0 Å². The first kappa shape index (κ1) is 17.3. The first-order valence-corrected chi connectivity index (χ1v) is 7.36. The van der Waals surface area contributed by atoms with Crippen molar-refractivity contribution in [3.8, 4) is 0 Å². The molecule has 0 atom stereocenters. The molecule has 0 fully saturated rings. The van der Waals surface area contributed by atoms with Crippen molar-refractivity contribution >= 4 is 13.8 Å². The molecule has 0 rings (SSSR count). The Labute approximate surface area is 108 Å². The van der Waals surface area contributed by atoms with E-state index in [0.717, 1.165) is 6.08 Å². The lowest BCUT2D eigenvalue weighted by atomic mass is 10.5. The lowest BCUT2D eigenvalue weighted by Crippen LogP contribution is -2.10. The van der Waals surface area contributed by atoms with E-state index in [2.05, 4.69) is 11.3 Å². The van der Waals surface area contributed by atoms with E-state index in [-0.39, 0.29) is 26.4 Å². The van der Waals surface area contributed by atoms with Gasteiger partial charge in [-0.3, -0.25) is 13.6 Å². The molecule has 6 nitrogen and oxygen atoms in total. The fourth-order valence-electron chi connectivity index (χ4n) is 0.868. The summed E-state index contributed by atoms with van der Waals surface area (Å²) < 4.78 is 31.9. The van der Waals surface area contributed by atoms with Crippen molar-refractivity contribution < 1.29 is 27.7 Å². The van der Waals surface area contributed by atoms with E-state index in [4.69, 9.17) is 13.6 Å². The highest BCUT2D eigenvalue weighted by molar-refractivity contribution is 7.48. The van der Waals surface area contributed by atoms with Crippen LogP contribution in [0.15, 0.2) is 12.7 Å². The zero-order valence-electron chi connectivity index (χ0n) is 10.9. The Morgan fingerprint density at radius 2 is 1.56 bits per heavy atom. The Hall–Kier alpha value is -0.680. The van der Waals surface area contributed by atoms with Crippen LogP contribution in [-0.4, -0.2) is 32.4 Å². The monoisotopic (exact) mass is 280 g/mol. The number of rotatable bonds is 11. The summed E-state index contributed by atoms with van der Waals surface area (Å²) in [6.07, 6.45) is 2.45. The minimum atomic E-state index is -3.54. The number of esters is 1. The van der Waals surface area contributed by atoms with Gasteiger partial charge in [0.05, 0.1) is 19.8 Å². The van der Waals surface area contributed by atoms with Gasteiger partial charge < -0.3 is 4.74 Å². The van der Waals surface area contributed by atoms with Crippen LogP contribution in [0.2, 0.25) is 0 Å². The molecule has 106 valence electrons. The van der Waals surface area contributed by atoms with Crippen LogP contribution in [0, 0.1) is 0 Å². The van der Waals surface area contributed by atoms with Gasteiger partial charge in [-0.25, -0.2) is 9.36 Å². The van der Waals surface area contributed by atoms with E-state index in [0.29, 0.717) is 12.8 Å². The molecule has 0 heterocycles. The second kappa shape index (κ2) is 10.3. The van der Waals surface area contributed by atoms with Gasteiger partial charge in [-0.15, -0.1) is 0 Å². The van der Waals surface area contributed by atoms with E-state index in [1.165, 1.54) is 0 Å². The zero-order valence-corrected chi connectivity index (χ0v) is 11.8. The quantitative estimate of drug-likeness (QED) is 0.251. The summed E-state index contributed by atoms with van der Waals surface area (Å²) in [5.41, 5.74) is 0. The minimum Gasteiger partial charge on any atom is -0.460 e. The maximum Gasteiger partial charge on any atom is 0.474 e. The molecule has 0 radical (unpaired) electrons. The molecule has 0 aliphatic rings. The summed E-state index contributed by atoms with van der Waals surface area (Å²) in [4.78, 5) is 10.8. The molecule has 18 heavy (non-hydrogen) atoms.